The molecule has 0 unspecified atom stereocenters. The summed E-state index contributed by atoms with van der Waals surface area (Å²) in [4.78, 5) is 7.67. The predicted molar refractivity (Wildman–Crippen MR) is 134 cm³/mol. The molecule has 4 nitrogen and oxygen atoms in total. The molecule has 0 aliphatic carbocycles. The van der Waals surface area contributed by atoms with Crippen molar-refractivity contribution in [2.75, 3.05) is 4.90 Å². The molecule has 2 aromatic carbocycles. The molecular formula is C24H17Cl2N3OS2. The second-order valence-corrected chi connectivity index (χ2v) is 9.52. The summed E-state index contributed by atoms with van der Waals surface area (Å²) in [5.41, 5.74) is 1.82. The lowest BCUT2D eigenvalue weighted by Crippen LogP contribution is -2.29. The van der Waals surface area contributed by atoms with Crippen LogP contribution in [0.3, 0.4) is 0 Å². The fraction of sp³-hybridized carbons (Fsp3) is 0.0833. The molecule has 3 heterocycles. The van der Waals surface area contributed by atoms with E-state index in [0.717, 1.165) is 27.1 Å². The molecule has 0 amide bonds. The molecule has 5 rings (SSSR count). The van der Waals surface area contributed by atoms with Crippen LogP contribution in [0.2, 0.25) is 10.0 Å². The van der Waals surface area contributed by atoms with Crippen LogP contribution in [0, 0.1) is 0 Å². The minimum atomic E-state index is -0.210. The van der Waals surface area contributed by atoms with Crippen LogP contribution in [-0.2, 0) is 0 Å². The van der Waals surface area contributed by atoms with Gasteiger partial charge in [-0.2, -0.15) is 0 Å². The Labute approximate surface area is 205 Å². The van der Waals surface area contributed by atoms with Gasteiger partial charge in [0.25, 0.3) is 0 Å². The Bertz CT molecular complexity index is 1230. The van der Waals surface area contributed by atoms with Gasteiger partial charge in [-0.15, -0.1) is 0 Å². The highest BCUT2D eigenvalue weighted by Crippen LogP contribution is 2.43. The van der Waals surface area contributed by atoms with E-state index in [4.69, 9.17) is 39.8 Å². The second-order valence-electron chi connectivity index (χ2n) is 7.19. The van der Waals surface area contributed by atoms with Crippen molar-refractivity contribution in [2.45, 2.75) is 22.1 Å². The predicted octanol–water partition coefficient (Wildman–Crippen LogP) is 7.31. The summed E-state index contributed by atoms with van der Waals surface area (Å²) in [6.45, 7) is 0. The number of hydrogen-bond donors (Lipinski definition) is 1. The minimum absolute atomic E-state index is 0.168. The van der Waals surface area contributed by atoms with E-state index in [2.05, 4.69) is 15.2 Å². The Balaban J connectivity index is 1.52. The third-order valence-corrected chi connectivity index (χ3v) is 6.88. The number of furan rings is 1. The van der Waals surface area contributed by atoms with Crippen LogP contribution in [0.4, 0.5) is 5.69 Å². The fourth-order valence-corrected chi connectivity index (χ4v) is 5.07. The van der Waals surface area contributed by atoms with Gasteiger partial charge in [0.05, 0.1) is 11.7 Å². The van der Waals surface area contributed by atoms with Crippen molar-refractivity contribution < 1.29 is 4.42 Å². The summed E-state index contributed by atoms with van der Waals surface area (Å²) in [5.74, 6) is 0.791. The van der Waals surface area contributed by atoms with Gasteiger partial charge in [-0.1, -0.05) is 41.0 Å². The number of nitrogens with one attached hydrogen (secondary N) is 1. The van der Waals surface area contributed by atoms with Crippen molar-refractivity contribution in [3.05, 3.63) is 107 Å². The number of hydrogen-bond acceptors (Lipinski definition) is 4. The smallest absolute Gasteiger partial charge is 0.174 e. The third kappa shape index (κ3) is 4.36. The molecule has 1 aliphatic heterocycles. The van der Waals surface area contributed by atoms with Gasteiger partial charge in [0.2, 0.25) is 0 Å². The van der Waals surface area contributed by atoms with Crippen LogP contribution in [0.5, 0.6) is 0 Å². The van der Waals surface area contributed by atoms with Crippen molar-refractivity contribution in [2.24, 2.45) is 0 Å². The first-order chi connectivity index (χ1) is 15.6. The highest BCUT2D eigenvalue weighted by atomic mass is 35.5. The van der Waals surface area contributed by atoms with Crippen LogP contribution in [0.1, 0.15) is 23.5 Å². The Morgan fingerprint density at radius 2 is 1.62 bits per heavy atom. The molecule has 1 fully saturated rings. The van der Waals surface area contributed by atoms with Crippen molar-refractivity contribution in [1.29, 1.82) is 0 Å². The molecule has 0 bridgehead atoms. The SMILES string of the molecule is S=C1N[C@H](c2ccccn2)[C@H](c2ccc(Sc3ccc(Cl)cc3)o2)N1c1ccc(Cl)cc1. The molecule has 2 aromatic heterocycles. The standard InChI is InChI=1S/C24H17Cl2N3OS2/c25-15-4-8-17(9-5-15)29-23(22(28-24(29)31)19-3-1-2-14-27-19)20-12-13-21(30-20)32-18-10-6-16(26)7-11-18/h1-14,22-23H,(H,28,31)/t22-,23+/m1/s1. The number of anilines is 1. The van der Waals surface area contributed by atoms with E-state index >= 15 is 0 Å². The maximum atomic E-state index is 6.31. The van der Waals surface area contributed by atoms with Crippen molar-refractivity contribution in [3.8, 4) is 0 Å². The molecule has 0 spiro atoms. The van der Waals surface area contributed by atoms with E-state index < -0.39 is 0 Å². The Morgan fingerprint density at radius 1 is 0.906 bits per heavy atom. The topological polar surface area (TPSA) is 41.3 Å². The molecule has 0 saturated carbocycles. The lowest BCUT2D eigenvalue weighted by atomic mass is 10.0. The average Bonchev–Trinajstić information content (AvgIpc) is 3.40. The summed E-state index contributed by atoms with van der Waals surface area (Å²) in [6.07, 6.45) is 1.78. The molecule has 2 atom stereocenters. The average molecular weight is 498 g/mol. The lowest BCUT2D eigenvalue weighted by molar-refractivity contribution is 0.383. The summed E-state index contributed by atoms with van der Waals surface area (Å²) >= 11 is 19.4. The number of nitrogens with zero attached hydrogens (tertiary/aromatic N) is 2. The number of thiocarbonyl (C=S) groups is 1. The highest BCUT2D eigenvalue weighted by Gasteiger charge is 2.42. The Kier molecular flexibility index (Phi) is 6.11. The van der Waals surface area contributed by atoms with Gasteiger partial charge in [-0.25, -0.2) is 0 Å². The van der Waals surface area contributed by atoms with E-state index in [9.17, 15) is 0 Å². The van der Waals surface area contributed by atoms with E-state index in [1.54, 1.807) is 18.0 Å². The molecule has 1 saturated heterocycles. The van der Waals surface area contributed by atoms with Crippen LogP contribution in [0.25, 0.3) is 0 Å². The quantitative estimate of drug-likeness (QED) is 0.291. The normalized spacial score (nSPS) is 18.1. The fourth-order valence-electron chi connectivity index (χ4n) is 3.69. The van der Waals surface area contributed by atoms with Crippen LogP contribution < -0.4 is 10.2 Å². The van der Waals surface area contributed by atoms with Gasteiger partial charge in [0.15, 0.2) is 10.2 Å². The maximum Gasteiger partial charge on any atom is 0.174 e. The third-order valence-electron chi connectivity index (χ3n) is 5.13. The van der Waals surface area contributed by atoms with Gasteiger partial charge in [0, 0.05) is 26.8 Å². The molecule has 0 radical (unpaired) electrons. The summed E-state index contributed by atoms with van der Waals surface area (Å²) < 4.78 is 6.31. The Hall–Kier alpha value is -2.51. The van der Waals surface area contributed by atoms with Gasteiger partial charge in [-0.05, 0) is 85.0 Å². The van der Waals surface area contributed by atoms with E-state index in [1.165, 1.54) is 0 Å². The number of rotatable bonds is 5. The first kappa shape index (κ1) is 21.3. The molecule has 160 valence electrons. The summed E-state index contributed by atoms with van der Waals surface area (Å²) in [6, 6.07) is 24.8. The number of benzene rings is 2. The number of aromatic nitrogens is 1. The van der Waals surface area contributed by atoms with Crippen molar-refractivity contribution in [1.82, 2.24) is 10.3 Å². The van der Waals surface area contributed by atoms with Crippen LogP contribution >= 0.6 is 47.2 Å². The summed E-state index contributed by atoms with van der Waals surface area (Å²) in [5, 5.41) is 6.20. The van der Waals surface area contributed by atoms with Crippen molar-refractivity contribution >= 4 is 58.0 Å². The number of pyridine rings is 1. The Morgan fingerprint density at radius 3 is 2.31 bits per heavy atom. The van der Waals surface area contributed by atoms with Crippen LogP contribution in [-0.4, -0.2) is 10.1 Å². The maximum absolute atomic E-state index is 6.31. The number of halogens is 2. The molecule has 4 aromatic rings. The zero-order chi connectivity index (χ0) is 22.1. The first-order valence-electron chi connectivity index (χ1n) is 9.88. The van der Waals surface area contributed by atoms with E-state index in [-0.39, 0.29) is 12.1 Å². The largest absolute Gasteiger partial charge is 0.452 e. The van der Waals surface area contributed by atoms with Gasteiger partial charge in [0.1, 0.15) is 11.8 Å². The molecule has 1 N–H and O–H groups in total. The molecule has 32 heavy (non-hydrogen) atoms. The zero-order valence-electron chi connectivity index (χ0n) is 16.6. The van der Waals surface area contributed by atoms with E-state index in [1.807, 2.05) is 78.9 Å². The molecule has 8 heteroatoms. The van der Waals surface area contributed by atoms with Crippen LogP contribution in [0.15, 0.2) is 99.5 Å². The summed E-state index contributed by atoms with van der Waals surface area (Å²) in [7, 11) is 0. The second kappa shape index (κ2) is 9.16. The zero-order valence-corrected chi connectivity index (χ0v) is 19.8. The lowest BCUT2D eigenvalue weighted by Gasteiger charge is -2.26. The first-order valence-corrected chi connectivity index (χ1v) is 11.9. The molecule has 1 aliphatic rings. The monoisotopic (exact) mass is 497 g/mol. The van der Waals surface area contributed by atoms with Gasteiger partial charge < -0.3 is 14.6 Å². The van der Waals surface area contributed by atoms with Gasteiger partial charge in [-0.3, -0.25) is 4.98 Å². The van der Waals surface area contributed by atoms with Crippen molar-refractivity contribution in [3.63, 3.8) is 0 Å². The van der Waals surface area contributed by atoms with Gasteiger partial charge >= 0.3 is 0 Å². The van der Waals surface area contributed by atoms with E-state index in [0.29, 0.717) is 15.2 Å². The minimum Gasteiger partial charge on any atom is -0.452 e. The highest BCUT2D eigenvalue weighted by molar-refractivity contribution is 7.99. The molecular weight excluding hydrogens is 481 g/mol.